The van der Waals surface area contributed by atoms with Crippen molar-refractivity contribution in [2.24, 2.45) is 0 Å². The van der Waals surface area contributed by atoms with E-state index < -0.39 is 10.2 Å². The molecule has 2 saturated heterocycles. The van der Waals surface area contributed by atoms with E-state index in [1.165, 1.54) is 0 Å². The van der Waals surface area contributed by atoms with E-state index in [4.69, 9.17) is 0 Å². The zero-order valence-corrected chi connectivity index (χ0v) is 10.6. The van der Waals surface area contributed by atoms with Crippen LogP contribution in [0.25, 0.3) is 0 Å². The van der Waals surface area contributed by atoms with Gasteiger partial charge in [0.15, 0.2) is 0 Å². The summed E-state index contributed by atoms with van der Waals surface area (Å²) in [5, 5.41) is 3.32. The fourth-order valence-corrected chi connectivity index (χ4v) is 3.98. The fraction of sp³-hybridized carbons (Fsp3) is 1.00. The predicted octanol–water partition coefficient (Wildman–Crippen LogP) is 0.0571. The molecule has 2 N–H and O–H groups in total. The Kier molecular flexibility index (Phi) is 3.84. The standard InChI is InChI=1S/C10H21N3O2S/c1-9-8-10(4-5-11-9)12-16(14,15)13-6-2-3-7-13/h9-12H,2-8H2,1H3. The largest absolute Gasteiger partial charge is 0.314 e. The molecule has 2 fully saturated rings. The second-order valence-electron chi connectivity index (χ2n) is 4.81. The Balaban J connectivity index is 1.92. The summed E-state index contributed by atoms with van der Waals surface area (Å²) in [5.41, 5.74) is 0. The molecule has 94 valence electrons. The van der Waals surface area contributed by atoms with Crippen molar-refractivity contribution < 1.29 is 8.42 Å². The first-order valence-corrected chi connectivity index (χ1v) is 7.53. The Bertz CT molecular complexity index is 325. The summed E-state index contributed by atoms with van der Waals surface area (Å²) >= 11 is 0. The number of hydrogen-bond donors (Lipinski definition) is 2. The number of nitrogens with zero attached hydrogens (tertiary/aromatic N) is 1. The summed E-state index contributed by atoms with van der Waals surface area (Å²) in [6.07, 6.45) is 3.75. The third-order valence-electron chi connectivity index (χ3n) is 3.34. The van der Waals surface area contributed by atoms with Crippen LogP contribution in [0, 0.1) is 0 Å². The van der Waals surface area contributed by atoms with Crippen LogP contribution >= 0.6 is 0 Å². The number of rotatable bonds is 3. The third-order valence-corrected chi connectivity index (χ3v) is 5.02. The SMILES string of the molecule is CC1CC(NS(=O)(=O)N2CCCC2)CCN1. The van der Waals surface area contributed by atoms with Crippen LogP contribution in [0.4, 0.5) is 0 Å². The molecule has 0 saturated carbocycles. The third kappa shape index (κ3) is 2.94. The number of nitrogens with one attached hydrogen (secondary N) is 2. The van der Waals surface area contributed by atoms with Crippen LogP contribution in [0.2, 0.25) is 0 Å². The van der Waals surface area contributed by atoms with Crippen LogP contribution in [0.15, 0.2) is 0 Å². The molecule has 2 rings (SSSR count). The molecule has 0 aromatic heterocycles. The molecule has 0 aromatic rings. The summed E-state index contributed by atoms with van der Waals surface area (Å²) in [4.78, 5) is 0. The molecule has 0 aromatic carbocycles. The maximum absolute atomic E-state index is 12.0. The van der Waals surface area contributed by atoms with Crippen molar-refractivity contribution >= 4 is 10.2 Å². The van der Waals surface area contributed by atoms with Crippen molar-refractivity contribution in [1.82, 2.24) is 14.3 Å². The van der Waals surface area contributed by atoms with Gasteiger partial charge in [0.25, 0.3) is 10.2 Å². The van der Waals surface area contributed by atoms with Crippen LogP contribution in [-0.4, -0.2) is 44.4 Å². The van der Waals surface area contributed by atoms with E-state index in [0.29, 0.717) is 19.1 Å². The molecule has 0 amide bonds. The monoisotopic (exact) mass is 247 g/mol. The average molecular weight is 247 g/mol. The van der Waals surface area contributed by atoms with Gasteiger partial charge in [-0.3, -0.25) is 0 Å². The smallest absolute Gasteiger partial charge is 0.279 e. The molecule has 2 unspecified atom stereocenters. The van der Waals surface area contributed by atoms with E-state index >= 15 is 0 Å². The van der Waals surface area contributed by atoms with E-state index in [0.717, 1.165) is 32.2 Å². The van der Waals surface area contributed by atoms with Crippen LogP contribution < -0.4 is 10.0 Å². The molecule has 6 heteroatoms. The topological polar surface area (TPSA) is 61.4 Å². The molecule has 16 heavy (non-hydrogen) atoms. The molecule has 2 aliphatic heterocycles. The van der Waals surface area contributed by atoms with E-state index in [1.807, 2.05) is 0 Å². The summed E-state index contributed by atoms with van der Waals surface area (Å²) in [7, 11) is -3.23. The maximum Gasteiger partial charge on any atom is 0.279 e. The minimum atomic E-state index is -3.23. The lowest BCUT2D eigenvalue weighted by Crippen LogP contribution is -2.50. The second-order valence-corrected chi connectivity index (χ2v) is 6.51. The Hall–Kier alpha value is -0.170. The van der Waals surface area contributed by atoms with Crippen LogP contribution in [0.1, 0.15) is 32.6 Å². The highest BCUT2D eigenvalue weighted by molar-refractivity contribution is 7.87. The van der Waals surface area contributed by atoms with Gasteiger partial charge < -0.3 is 5.32 Å². The number of piperidine rings is 1. The minimum absolute atomic E-state index is 0.0989. The quantitative estimate of drug-likeness (QED) is 0.741. The van der Waals surface area contributed by atoms with Gasteiger partial charge in [-0.1, -0.05) is 0 Å². The first-order valence-electron chi connectivity index (χ1n) is 6.09. The Morgan fingerprint density at radius 3 is 2.62 bits per heavy atom. The molecule has 0 bridgehead atoms. The second kappa shape index (κ2) is 5.00. The van der Waals surface area contributed by atoms with Crippen LogP contribution in [0.3, 0.4) is 0 Å². The van der Waals surface area contributed by atoms with E-state index in [9.17, 15) is 8.42 Å². The van der Waals surface area contributed by atoms with E-state index in [1.54, 1.807) is 4.31 Å². The molecule has 0 aliphatic carbocycles. The summed E-state index contributed by atoms with van der Waals surface area (Å²) in [5.74, 6) is 0. The molecule has 2 aliphatic rings. The van der Waals surface area contributed by atoms with Crippen molar-refractivity contribution in [1.29, 1.82) is 0 Å². The van der Waals surface area contributed by atoms with Gasteiger partial charge >= 0.3 is 0 Å². The zero-order chi connectivity index (χ0) is 11.6. The highest BCUT2D eigenvalue weighted by atomic mass is 32.2. The maximum atomic E-state index is 12.0. The molecule has 2 heterocycles. The first-order chi connectivity index (χ1) is 7.58. The lowest BCUT2D eigenvalue weighted by atomic mass is 10.0. The summed E-state index contributed by atoms with van der Waals surface area (Å²) in [6, 6.07) is 0.502. The Morgan fingerprint density at radius 1 is 1.31 bits per heavy atom. The van der Waals surface area contributed by atoms with Gasteiger partial charge in [-0.2, -0.15) is 17.4 Å². The van der Waals surface area contributed by atoms with Gasteiger partial charge in [-0.05, 0) is 39.2 Å². The van der Waals surface area contributed by atoms with Gasteiger partial charge in [0, 0.05) is 25.2 Å². The minimum Gasteiger partial charge on any atom is -0.314 e. The Morgan fingerprint density at radius 2 is 2.00 bits per heavy atom. The molecule has 0 radical (unpaired) electrons. The lowest BCUT2D eigenvalue weighted by molar-refractivity contribution is 0.352. The van der Waals surface area contributed by atoms with Crippen LogP contribution in [0.5, 0.6) is 0 Å². The Labute approximate surface area is 97.8 Å². The van der Waals surface area contributed by atoms with Crippen molar-refractivity contribution in [3.8, 4) is 0 Å². The molecular formula is C10H21N3O2S. The molecular weight excluding hydrogens is 226 g/mol. The molecule has 0 spiro atoms. The highest BCUT2D eigenvalue weighted by Gasteiger charge is 2.29. The normalized spacial score (nSPS) is 33.1. The lowest BCUT2D eigenvalue weighted by Gasteiger charge is -2.29. The molecule has 5 nitrogen and oxygen atoms in total. The predicted molar refractivity (Wildman–Crippen MR) is 63.3 cm³/mol. The van der Waals surface area contributed by atoms with Crippen molar-refractivity contribution in [2.45, 2.75) is 44.7 Å². The highest BCUT2D eigenvalue weighted by Crippen LogP contribution is 2.15. The molecule has 2 atom stereocenters. The van der Waals surface area contributed by atoms with Gasteiger partial charge in [-0.15, -0.1) is 0 Å². The van der Waals surface area contributed by atoms with Gasteiger partial charge in [-0.25, -0.2) is 0 Å². The fourth-order valence-electron chi connectivity index (χ4n) is 2.45. The zero-order valence-electron chi connectivity index (χ0n) is 9.78. The van der Waals surface area contributed by atoms with Gasteiger partial charge in [0.2, 0.25) is 0 Å². The van der Waals surface area contributed by atoms with Crippen molar-refractivity contribution in [3.05, 3.63) is 0 Å². The average Bonchev–Trinajstić information content (AvgIpc) is 2.69. The summed E-state index contributed by atoms with van der Waals surface area (Å²) < 4.78 is 28.4. The van der Waals surface area contributed by atoms with E-state index in [2.05, 4.69) is 17.0 Å². The van der Waals surface area contributed by atoms with Gasteiger partial charge in [0.05, 0.1) is 0 Å². The van der Waals surface area contributed by atoms with Crippen molar-refractivity contribution in [2.75, 3.05) is 19.6 Å². The van der Waals surface area contributed by atoms with Crippen molar-refractivity contribution in [3.63, 3.8) is 0 Å². The first kappa shape index (κ1) is 12.3. The van der Waals surface area contributed by atoms with E-state index in [-0.39, 0.29) is 6.04 Å². The number of hydrogen-bond acceptors (Lipinski definition) is 3. The van der Waals surface area contributed by atoms with Crippen LogP contribution in [-0.2, 0) is 10.2 Å². The van der Waals surface area contributed by atoms with Gasteiger partial charge in [0.1, 0.15) is 0 Å². The summed E-state index contributed by atoms with van der Waals surface area (Å²) in [6.45, 7) is 4.34.